The molecule has 0 heterocycles. The highest BCUT2D eigenvalue weighted by Crippen LogP contribution is 2.05. The highest BCUT2D eigenvalue weighted by atomic mass is 17.1. The minimum Gasteiger partial charge on any atom is -0.463 e. The summed E-state index contributed by atoms with van der Waals surface area (Å²) >= 11 is 0. The lowest BCUT2D eigenvalue weighted by Crippen LogP contribution is -2.24. The number of carbonyl (C=O) groups excluding carboxylic acids is 1. The molecule has 0 aromatic rings. The number of rotatable bonds is 10. The van der Waals surface area contributed by atoms with Gasteiger partial charge in [0.15, 0.2) is 0 Å². The molecule has 0 aliphatic rings. The lowest BCUT2D eigenvalue weighted by molar-refractivity contribution is -0.291. The van der Waals surface area contributed by atoms with Gasteiger partial charge in [-0.25, -0.2) is 4.89 Å². The van der Waals surface area contributed by atoms with Crippen molar-refractivity contribution in [1.29, 1.82) is 0 Å². The molecule has 0 saturated carbocycles. The van der Waals surface area contributed by atoms with E-state index in [9.17, 15) is 4.79 Å². The Balaban J connectivity index is 3.37. The third-order valence-electron chi connectivity index (χ3n) is 2.27. The van der Waals surface area contributed by atoms with Gasteiger partial charge in [0.05, 0.1) is 6.61 Å². The molecular formula is C11H22O5. The maximum Gasteiger partial charge on any atom is 0.305 e. The van der Waals surface area contributed by atoms with Crippen molar-refractivity contribution in [2.24, 2.45) is 0 Å². The van der Waals surface area contributed by atoms with Gasteiger partial charge in [0, 0.05) is 6.42 Å². The zero-order valence-electron chi connectivity index (χ0n) is 9.85. The number of hydrogen-bond acceptors (Lipinski definition) is 5. The molecule has 5 heteroatoms. The second kappa shape index (κ2) is 10.9. The van der Waals surface area contributed by atoms with E-state index in [1.807, 2.05) is 0 Å². The van der Waals surface area contributed by atoms with Crippen LogP contribution in [0.3, 0.4) is 0 Å². The summed E-state index contributed by atoms with van der Waals surface area (Å²) in [5.41, 5.74) is 0. The van der Waals surface area contributed by atoms with E-state index in [0.29, 0.717) is 6.42 Å². The Kier molecular flexibility index (Phi) is 10.4. The zero-order chi connectivity index (χ0) is 12.2. The lowest BCUT2D eigenvalue weighted by atomic mass is 10.1. The summed E-state index contributed by atoms with van der Waals surface area (Å²) in [6.45, 7) is 1.65. The predicted molar refractivity (Wildman–Crippen MR) is 58.9 cm³/mol. The highest BCUT2D eigenvalue weighted by Gasteiger charge is 2.10. The smallest absolute Gasteiger partial charge is 0.305 e. The molecule has 2 N–H and O–H groups in total. The van der Waals surface area contributed by atoms with Crippen molar-refractivity contribution in [3.63, 3.8) is 0 Å². The molecule has 96 valence electrons. The fourth-order valence-corrected chi connectivity index (χ4v) is 1.25. The van der Waals surface area contributed by atoms with Crippen LogP contribution >= 0.6 is 0 Å². The average Bonchev–Trinajstić information content (AvgIpc) is 2.30. The first-order valence-electron chi connectivity index (χ1n) is 5.81. The summed E-state index contributed by atoms with van der Waals surface area (Å²) in [6, 6.07) is 0. The first kappa shape index (κ1) is 15.3. The van der Waals surface area contributed by atoms with Crippen LogP contribution in [0.25, 0.3) is 0 Å². The molecule has 0 bridgehead atoms. The van der Waals surface area contributed by atoms with Gasteiger partial charge in [-0.15, -0.1) is 0 Å². The van der Waals surface area contributed by atoms with Crippen molar-refractivity contribution in [2.75, 3.05) is 13.2 Å². The number of aliphatic hydroxyl groups excluding tert-OH is 1. The lowest BCUT2D eigenvalue weighted by Gasteiger charge is -2.10. The quantitative estimate of drug-likeness (QED) is 0.260. The van der Waals surface area contributed by atoms with E-state index in [0.717, 1.165) is 19.3 Å². The topological polar surface area (TPSA) is 76.0 Å². The Hall–Kier alpha value is -0.650. The molecule has 0 aliphatic heterocycles. The summed E-state index contributed by atoms with van der Waals surface area (Å²) in [7, 11) is 0. The van der Waals surface area contributed by atoms with Crippen LogP contribution in [0.1, 0.15) is 45.4 Å². The number of aliphatic hydroxyl groups is 1. The van der Waals surface area contributed by atoms with Crippen LogP contribution in [0, 0.1) is 0 Å². The monoisotopic (exact) mass is 234 g/mol. The van der Waals surface area contributed by atoms with Crippen molar-refractivity contribution in [3.8, 4) is 0 Å². The molecule has 0 spiro atoms. The van der Waals surface area contributed by atoms with Gasteiger partial charge in [-0.05, 0) is 6.42 Å². The molecule has 5 nitrogen and oxygen atoms in total. The summed E-state index contributed by atoms with van der Waals surface area (Å²) in [5, 5.41) is 16.9. The zero-order valence-corrected chi connectivity index (χ0v) is 9.85. The third kappa shape index (κ3) is 8.64. The van der Waals surface area contributed by atoms with Gasteiger partial charge in [0.25, 0.3) is 0 Å². The van der Waals surface area contributed by atoms with Gasteiger partial charge in [-0.3, -0.25) is 10.1 Å². The molecular weight excluding hydrogens is 212 g/mol. The molecule has 0 aromatic heterocycles. The Bertz CT molecular complexity index is 168. The van der Waals surface area contributed by atoms with Gasteiger partial charge < -0.3 is 9.84 Å². The van der Waals surface area contributed by atoms with Gasteiger partial charge in [0.1, 0.15) is 12.7 Å². The van der Waals surface area contributed by atoms with E-state index in [1.54, 1.807) is 0 Å². The van der Waals surface area contributed by atoms with Gasteiger partial charge in [0.2, 0.25) is 0 Å². The van der Waals surface area contributed by atoms with E-state index in [-0.39, 0.29) is 19.2 Å². The summed E-state index contributed by atoms with van der Waals surface area (Å²) in [4.78, 5) is 15.1. The molecule has 0 radical (unpaired) electrons. The van der Waals surface area contributed by atoms with Crippen molar-refractivity contribution < 1.29 is 24.8 Å². The molecule has 16 heavy (non-hydrogen) atoms. The number of esters is 1. The maximum absolute atomic E-state index is 11.2. The number of ether oxygens (including phenoxy) is 1. The van der Waals surface area contributed by atoms with E-state index in [2.05, 4.69) is 11.8 Å². The van der Waals surface area contributed by atoms with Crippen molar-refractivity contribution >= 4 is 5.97 Å². The number of unbranched alkanes of at least 4 members (excludes halogenated alkanes) is 4. The third-order valence-corrected chi connectivity index (χ3v) is 2.27. The van der Waals surface area contributed by atoms with Crippen molar-refractivity contribution in [1.82, 2.24) is 0 Å². The summed E-state index contributed by atoms with van der Waals surface area (Å²) in [5.74, 6) is -0.313. The van der Waals surface area contributed by atoms with E-state index < -0.39 is 6.10 Å². The Morgan fingerprint density at radius 3 is 2.50 bits per heavy atom. The molecule has 0 aliphatic carbocycles. The van der Waals surface area contributed by atoms with E-state index in [4.69, 9.17) is 15.1 Å². The van der Waals surface area contributed by atoms with Crippen LogP contribution < -0.4 is 0 Å². The maximum atomic E-state index is 11.2. The predicted octanol–water partition coefficient (Wildman–Crippen LogP) is 1.74. The molecule has 0 rings (SSSR count). The standard InChI is InChI=1S/C11H22O5/c1-2-3-4-5-6-7-11(13)15-9-10(8-12)16-14/h10,12,14H,2-9H2,1H3. The molecule has 1 unspecified atom stereocenters. The van der Waals surface area contributed by atoms with Gasteiger partial charge in [-0.1, -0.05) is 32.6 Å². The van der Waals surface area contributed by atoms with E-state index >= 15 is 0 Å². The average molecular weight is 234 g/mol. The minimum atomic E-state index is -0.843. The van der Waals surface area contributed by atoms with Crippen LogP contribution in [0.2, 0.25) is 0 Å². The van der Waals surface area contributed by atoms with Gasteiger partial charge in [-0.2, -0.15) is 0 Å². The fourth-order valence-electron chi connectivity index (χ4n) is 1.25. The molecule has 0 aromatic carbocycles. The molecule has 0 fully saturated rings. The van der Waals surface area contributed by atoms with Crippen molar-refractivity contribution in [3.05, 3.63) is 0 Å². The molecule has 0 amide bonds. The Morgan fingerprint density at radius 2 is 1.94 bits per heavy atom. The second-order valence-corrected chi connectivity index (χ2v) is 3.76. The Labute approximate surface area is 96.3 Å². The molecule has 0 saturated heterocycles. The van der Waals surface area contributed by atoms with E-state index in [1.165, 1.54) is 12.8 Å². The number of carbonyl (C=O) groups is 1. The van der Waals surface area contributed by atoms with Crippen LogP contribution in [-0.4, -0.2) is 35.7 Å². The largest absolute Gasteiger partial charge is 0.463 e. The SMILES string of the molecule is CCCCCCCC(=O)OCC(CO)OO. The minimum absolute atomic E-state index is 0.110. The van der Waals surface area contributed by atoms with Gasteiger partial charge >= 0.3 is 5.97 Å². The molecule has 1 atom stereocenters. The number of hydrogen-bond donors (Lipinski definition) is 2. The fraction of sp³-hybridized carbons (Fsp3) is 0.909. The van der Waals surface area contributed by atoms with Crippen molar-refractivity contribution in [2.45, 2.75) is 51.6 Å². The van der Waals surface area contributed by atoms with Crippen LogP contribution in [0.4, 0.5) is 0 Å². The Morgan fingerprint density at radius 1 is 1.25 bits per heavy atom. The summed E-state index contributed by atoms with van der Waals surface area (Å²) < 4.78 is 4.81. The van der Waals surface area contributed by atoms with Crippen LogP contribution in [0.15, 0.2) is 0 Å². The normalized spacial score (nSPS) is 12.4. The first-order chi connectivity index (χ1) is 7.74. The van der Waals surface area contributed by atoms with Crippen LogP contribution in [0.5, 0.6) is 0 Å². The van der Waals surface area contributed by atoms with Crippen LogP contribution in [-0.2, 0) is 14.4 Å². The summed E-state index contributed by atoms with van der Waals surface area (Å²) in [6.07, 6.45) is 4.90. The second-order valence-electron chi connectivity index (χ2n) is 3.76. The first-order valence-corrected chi connectivity index (χ1v) is 5.81. The highest BCUT2D eigenvalue weighted by molar-refractivity contribution is 5.69.